The highest BCUT2D eigenvalue weighted by atomic mass is 35.5. The van der Waals surface area contributed by atoms with E-state index in [9.17, 15) is 9.59 Å². The minimum absolute atomic E-state index is 0.0483. The fourth-order valence-corrected chi connectivity index (χ4v) is 1.92. The summed E-state index contributed by atoms with van der Waals surface area (Å²) in [4.78, 5) is 23.1. The summed E-state index contributed by atoms with van der Waals surface area (Å²) in [6.07, 6.45) is 0. The minimum atomic E-state index is -0.483. The van der Waals surface area contributed by atoms with Crippen LogP contribution in [0.25, 0.3) is 0 Å². The number of esters is 1. The molecular formula is C14H18ClNO3. The molecule has 0 saturated carbocycles. The Morgan fingerprint density at radius 2 is 1.89 bits per heavy atom. The van der Waals surface area contributed by atoms with Crippen molar-refractivity contribution >= 4 is 29.0 Å². The Hall–Kier alpha value is -1.55. The van der Waals surface area contributed by atoms with E-state index in [2.05, 4.69) is 5.32 Å². The Morgan fingerprint density at radius 1 is 1.26 bits per heavy atom. The summed E-state index contributed by atoms with van der Waals surface area (Å²) in [5, 5.41) is 3.50. The van der Waals surface area contributed by atoms with E-state index >= 15 is 0 Å². The molecule has 104 valence electrons. The van der Waals surface area contributed by atoms with Crippen molar-refractivity contribution in [1.82, 2.24) is 0 Å². The lowest BCUT2D eigenvalue weighted by atomic mass is 10.0. The average Bonchev–Trinajstić information content (AvgIpc) is 2.34. The van der Waals surface area contributed by atoms with Gasteiger partial charge in [-0.1, -0.05) is 25.4 Å². The Bertz CT molecular complexity index is 486. The molecule has 1 N–H and O–H groups in total. The number of rotatable bonds is 5. The molecule has 1 rings (SSSR count). The van der Waals surface area contributed by atoms with Gasteiger partial charge in [0.25, 0.3) is 0 Å². The van der Waals surface area contributed by atoms with E-state index in [0.29, 0.717) is 16.3 Å². The van der Waals surface area contributed by atoms with E-state index in [1.807, 2.05) is 13.8 Å². The topological polar surface area (TPSA) is 55.4 Å². The zero-order valence-electron chi connectivity index (χ0n) is 11.5. The summed E-state index contributed by atoms with van der Waals surface area (Å²) in [6.45, 7) is 5.28. The summed E-state index contributed by atoms with van der Waals surface area (Å²) in [6, 6.07) is 4.46. The summed E-state index contributed by atoms with van der Waals surface area (Å²) in [5.41, 5.74) is 1.13. The van der Waals surface area contributed by atoms with Gasteiger partial charge in [-0.15, -0.1) is 0 Å². The number of halogens is 1. The fraction of sp³-hybridized carbons (Fsp3) is 0.429. The first-order chi connectivity index (χ1) is 8.85. The van der Waals surface area contributed by atoms with Crippen LogP contribution in [0.4, 0.5) is 5.69 Å². The second-order valence-corrected chi connectivity index (χ2v) is 5.11. The van der Waals surface area contributed by atoms with Crippen molar-refractivity contribution in [3.05, 3.63) is 28.8 Å². The molecular weight excluding hydrogens is 266 g/mol. The van der Waals surface area contributed by atoms with Gasteiger partial charge in [0.2, 0.25) is 0 Å². The molecule has 1 unspecified atom stereocenters. The number of nitrogens with one attached hydrogen (secondary N) is 1. The standard InChI is InChI=1S/C14H18ClNO3/c1-8(2)13(14(18)19-4)16-12-6-10(9(3)17)5-11(15)7-12/h5-8,13,16H,1-4H3. The molecule has 0 aliphatic rings. The van der Waals surface area contributed by atoms with E-state index in [0.717, 1.165) is 0 Å². The van der Waals surface area contributed by atoms with Gasteiger partial charge < -0.3 is 10.1 Å². The van der Waals surface area contributed by atoms with E-state index in [4.69, 9.17) is 16.3 Å². The number of benzene rings is 1. The van der Waals surface area contributed by atoms with Crippen LogP contribution >= 0.6 is 11.6 Å². The van der Waals surface area contributed by atoms with Crippen LogP contribution < -0.4 is 5.32 Å². The van der Waals surface area contributed by atoms with Crippen molar-refractivity contribution in [2.45, 2.75) is 26.8 Å². The molecule has 0 bridgehead atoms. The lowest BCUT2D eigenvalue weighted by molar-refractivity contribution is -0.142. The number of carbonyl (C=O) groups excluding carboxylic acids is 2. The number of hydrogen-bond acceptors (Lipinski definition) is 4. The largest absolute Gasteiger partial charge is 0.467 e. The fourth-order valence-electron chi connectivity index (χ4n) is 1.68. The van der Waals surface area contributed by atoms with Crippen molar-refractivity contribution in [1.29, 1.82) is 0 Å². The third-order valence-corrected chi connectivity index (χ3v) is 2.97. The number of ketones is 1. The number of anilines is 1. The molecule has 19 heavy (non-hydrogen) atoms. The highest BCUT2D eigenvalue weighted by Crippen LogP contribution is 2.21. The third-order valence-electron chi connectivity index (χ3n) is 2.75. The van der Waals surface area contributed by atoms with Crippen LogP contribution in [-0.4, -0.2) is 24.9 Å². The second-order valence-electron chi connectivity index (χ2n) is 4.67. The molecule has 0 aliphatic carbocycles. The average molecular weight is 284 g/mol. The monoisotopic (exact) mass is 283 g/mol. The predicted octanol–water partition coefficient (Wildman–Crippen LogP) is 3.15. The van der Waals surface area contributed by atoms with Crippen LogP contribution in [0.2, 0.25) is 5.02 Å². The first-order valence-electron chi connectivity index (χ1n) is 6.01. The maximum absolute atomic E-state index is 11.7. The summed E-state index contributed by atoms with van der Waals surface area (Å²) in [5.74, 6) is -0.378. The quantitative estimate of drug-likeness (QED) is 0.666. The molecule has 0 aliphatic heterocycles. The van der Waals surface area contributed by atoms with E-state index in [-0.39, 0.29) is 17.7 Å². The highest BCUT2D eigenvalue weighted by molar-refractivity contribution is 6.31. The predicted molar refractivity (Wildman–Crippen MR) is 75.7 cm³/mol. The zero-order valence-corrected chi connectivity index (χ0v) is 12.2. The molecule has 0 aromatic heterocycles. The van der Waals surface area contributed by atoms with Crippen molar-refractivity contribution in [3.63, 3.8) is 0 Å². The first kappa shape index (κ1) is 15.5. The van der Waals surface area contributed by atoms with Crippen molar-refractivity contribution in [2.75, 3.05) is 12.4 Å². The van der Waals surface area contributed by atoms with Gasteiger partial charge in [0.15, 0.2) is 5.78 Å². The van der Waals surface area contributed by atoms with Crippen molar-refractivity contribution in [3.8, 4) is 0 Å². The SMILES string of the molecule is COC(=O)C(Nc1cc(Cl)cc(C(C)=O)c1)C(C)C. The van der Waals surface area contributed by atoms with Crippen LogP contribution in [0.15, 0.2) is 18.2 Å². The lowest BCUT2D eigenvalue weighted by Gasteiger charge is -2.21. The van der Waals surface area contributed by atoms with Crippen LogP contribution in [0.3, 0.4) is 0 Å². The van der Waals surface area contributed by atoms with Gasteiger partial charge in [0.05, 0.1) is 7.11 Å². The number of hydrogen-bond donors (Lipinski definition) is 1. The molecule has 5 heteroatoms. The van der Waals surface area contributed by atoms with Gasteiger partial charge in [-0.3, -0.25) is 4.79 Å². The highest BCUT2D eigenvalue weighted by Gasteiger charge is 2.23. The van der Waals surface area contributed by atoms with Crippen LogP contribution in [0.1, 0.15) is 31.1 Å². The maximum Gasteiger partial charge on any atom is 0.328 e. The number of ether oxygens (including phenoxy) is 1. The molecule has 0 saturated heterocycles. The maximum atomic E-state index is 11.7. The number of methoxy groups -OCH3 is 1. The summed E-state index contributed by atoms with van der Waals surface area (Å²) in [7, 11) is 1.35. The van der Waals surface area contributed by atoms with Gasteiger partial charge in [0.1, 0.15) is 6.04 Å². The Morgan fingerprint density at radius 3 is 2.37 bits per heavy atom. The lowest BCUT2D eigenvalue weighted by Crippen LogP contribution is -2.35. The molecule has 0 fully saturated rings. The van der Waals surface area contributed by atoms with Gasteiger partial charge in [-0.25, -0.2) is 4.79 Å². The zero-order chi connectivity index (χ0) is 14.6. The second kappa shape index (κ2) is 6.57. The third kappa shape index (κ3) is 4.24. The summed E-state index contributed by atoms with van der Waals surface area (Å²) >= 11 is 5.96. The Kier molecular flexibility index (Phi) is 5.36. The van der Waals surface area contributed by atoms with E-state index in [1.165, 1.54) is 14.0 Å². The Balaban J connectivity index is 3.02. The van der Waals surface area contributed by atoms with Crippen LogP contribution in [-0.2, 0) is 9.53 Å². The molecule has 1 aromatic carbocycles. The normalized spacial score (nSPS) is 12.1. The summed E-state index contributed by atoms with van der Waals surface area (Å²) < 4.78 is 4.75. The van der Waals surface area contributed by atoms with Gasteiger partial charge in [-0.05, 0) is 31.0 Å². The molecule has 0 radical (unpaired) electrons. The van der Waals surface area contributed by atoms with E-state index in [1.54, 1.807) is 18.2 Å². The first-order valence-corrected chi connectivity index (χ1v) is 6.39. The number of carbonyl (C=O) groups is 2. The van der Waals surface area contributed by atoms with Crippen molar-refractivity contribution < 1.29 is 14.3 Å². The molecule has 0 heterocycles. The molecule has 1 atom stereocenters. The smallest absolute Gasteiger partial charge is 0.328 e. The van der Waals surface area contributed by atoms with E-state index < -0.39 is 6.04 Å². The van der Waals surface area contributed by atoms with Crippen molar-refractivity contribution in [2.24, 2.45) is 5.92 Å². The molecule has 0 spiro atoms. The van der Waals surface area contributed by atoms with Gasteiger partial charge >= 0.3 is 5.97 Å². The number of Topliss-reactive ketones (excluding diaryl/α,β-unsaturated/α-hetero) is 1. The van der Waals surface area contributed by atoms with Crippen LogP contribution in [0.5, 0.6) is 0 Å². The molecule has 1 aromatic rings. The minimum Gasteiger partial charge on any atom is -0.467 e. The van der Waals surface area contributed by atoms with Gasteiger partial charge in [0, 0.05) is 16.3 Å². The molecule has 4 nitrogen and oxygen atoms in total. The Labute approximate surface area is 118 Å². The van der Waals surface area contributed by atoms with Gasteiger partial charge in [-0.2, -0.15) is 0 Å². The van der Waals surface area contributed by atoms with Crippen LogP contribution in [0, 0.1) is 5.92 Å². The molecule has 0 amide bonds.